The van der Waals surface area contributed by atoms with Crippen LogP contribution in [0.3, 0.4) is 0 Å². The van der Waals surface area contributed by atoms with Gasteiger partial charge in [0.05, 0.1) is 24.2 Å². The molecule has 3 aromatic rings. The molecular formula is C23H17ClO5. The average Bonchev–Trinajstić information content (AvgIpc) is 3.01. The molecule has 2 aliphatic rings. The highest BCUT2D eigenvalue weighted by molar-refractivity contribution is 6.30. The molecule has 1 spiro atoms. The molecule has 1 heterocycles. The zero-order valence-electron chi connectivity index (χ0n) is 15.3. The second kappa shape index (κ2) is 6.59. The molecule has 0 saturated carbocycles. The Hall–Kier alpha value is -2.86. The molecule has 0 radical (unpaired) electrons. The summed E-state index contributed by atoms with van der Waals surface area (Å²) in [7, 11) is 0. The summed E-state index contributed by atoms with van der Waals surface area (Å²) in [6, 6.07) is 22.8. The van der Waals surface area contributed by atoms with Crippen molar-refractivity contribution in [2.75, 3.05) is 13.2 Å². The maximum absolute atomic E-state index is 11.4. The first kappa shape index (κ1) is 18.2. The number of hydrogen-bond acceptors (Lipinski definition) is 4. The third-order valence-corrected chi connectivity index (χ3v) is 5.86. The maximum Gasteiger partial charge on any atom is 0.510 e. The SMILES string of the molecule is O=C(O)OC1(c2ccc(Cl)cc2)OCC2(CO1)c1ccccc1-c1ccccc12. The smallest absolute Gasteiger partial charge is 0.450 e. The highest BCUT2D eigenvalue weighted by Crippen LogP contribution is 2.52. The Morgan fingerprint density at radius 2 is 1.38 bits per heavy atom. The fourth-order valence-corrected chi connectivity index (χ4v) is 4.43. The molecule has 0 bridgehead atoms. The number of carbonyl (C=O) groups is 1. The van der Waals surface area contributed by atoms with Crippen LogP contribution < -0.4 is 0 Å². The summed E-state index contributed by atoms with van der Waals surface area (Å²) in [6.07, 6.45) is -1.48. The minimum absolute atomic E-state index is 0.205. The van der Waals surface area contributed by atoms with E-state index in [4.69, 9.17) is 25.8 Å². The summed E-state index contributed by atoms with van der Waals surface area (Å²) in [5.41, 5.74) is 4.36. The molecule has 1 fully saturated rings. The van der Waals surface area contributed by atoms with Crippen LogP contribution in [0.2, 0.25) is 5.02 Å². The second-order valence-electron chi connectivity index (χ2n) is 7.18. The van der Waals surface area contributed by atoms with Gasteiger partial charge in [0.2, 0.25) is 0 Å². The van der Waals surface area contributed by atoms with Gasteiger partial charge in [-0.15, -0.1) is 0 Å². The molecule has 1 aliphatic carbocycles. The van der Waals surface area contributed by atoms with Crippen LogP contribution in [0.1, 0.15) is 16.7 Å². The van der Waals surface area contributed by atoms with E-state index in [-0.39, 0.29) is 13.2 Å². The zero-order valence-corrected chi connectivity index (χ0v) is 16.1. The Kier molecular flexibility index (Phi) is 4.13. The minimum Gasteiger partial charge on any atom is -0.450 e. The van der Waals surface area contributed by atoms with Gasteiger partial charge in [-0.25, -0.2) is 4.79 Å². The van der Waals surface area contributed by atoms with E-state index in [9.17, 15) is 9.90 Å². The summed E-state index contributed by atoms with van der Waals surface area (Å²) < 4.78 is 17.3. The Bertz CT molecular complexity index is 1040. The van der Waals surface area contributed by atoms with Crippen LogP contribution in [0, 0.1) is 0 Å². The lowest BCUT2D eigenvalue weighted by Crippen LogP contribution is -2.52. The van der Waals surface area contributed by atoms with E-state index in [0.29, 0.717) is 10.6 Å². The van der Waals surface area contributed by atoms with Crippen molar-refractivity contribution in [2.24, 2.45) is 0 Å². The molecule has 1 N–H and O–H groups in total. The number of carboxylic acid groups (broad SMARTS) is 1. The van der Waals surface area contributed by atoms with E-state index in [2.05, 4.69) is 24.3 Å². The molecule has 1 aliphatic heterocycles. The van der Waals surface area contributed by atoms with Crippen molar-refractivity contribution in [2.45, 2.75) is 11.4 Å². The first-order valence-corrected chi connectivity index (χ1v) is 9.57. The molecule has 3 aromatic carbocycles. The first-order chi connectivity index (χ1) is 14.0. The standard InChI is InChI=1S/C23H17ClO5/c24-16-11-9-15(10-12-16)23(29-21(25)26)27-13-22(14-28-23)19-7-3-1-5-17(19)18-6-2-4-8-20(18)22/h1-12H,13-14H2,(H,25,26). The van der Waals surface area contributed by atoms with Gasteiger partial charge in [-0.3, -0.25) is 0 Å². The van der Waals surface area contributed by atoms with Gasteiger partial charge in [-0.05, 0) is 46.5 Å². The quantitative estimate of drug-likeness (QED) is 0.593. The molecule has 0 unspecified atom stereocenters. The third-order valence-electron chi connectivity index (χ3n) is 5.61. The first-order valence-electron chi connectivity index (χ1n) is 9.19. The molecule has 5 rings (SSSR count). The van der Waals surface area contributed by atoms with Gasteiger partial charge in [0.1, 0.15) is 0 Å². The highest BCUT2D eigenvalue weighted by atomic mass is 35.5. The van der Waals surface area contributed by atoms with Crippen molar-refractivity contribution >= 4 is 17.8 Å². The predicted octanol–water partition coefficient (Wildman–Crippen LogP) is 5.16. The topological polar surface area (TPSA) is 65.0 Å². The van der Waals surface area contributed by atoms with Gasteiger partial charge in [0, 0.05) is 5.02 Å². The zero-order chi connectivity index (χ0) is 20.1. The van der Waals surface area contributed by atoms with Crippen molar-refractivity contribution < 1.29 is 24.1 Å². The lowest BCUT2D eigenvalue weighted by atomic mass is 9.79. The van der Waals surface area contributed by atoms with Crippen LogP contribution in [0.25, 0.3) is 11.1 Å². The van der Waals surface area contributed by atoms with Gasteiger partial charge in [-0.1, -0.05) is 60.1 Å². The summed E-state index contributed by atoms with van der Waals surface area (Å²) in [6.45, 7) is 0.411. The number of benzene rings is 3. The van der Waals surface area contributed by atoms with Gasteiger partial charge < -0.3 is 19.3 Å². The maximum atomic E-state index is 11.4. The number of fused-ring (bicyclic) bond motifs is 5. The van der Waals surface area contributed by atoms with Gasteiger partial charge in [0.25, 0.3) is 0 Å². The van der Waals surface area contributed by atoms with Crippen molar-refractivity contribution in [3.63, 3.8) is 0 Å². The summed E-state index contributed by atoms with van der Waals surface area (Å²) >= 11 is 5.97. The molecular weight excluding hydrogens is 392 g/mol. The van der Waals surface area contributed by atoms with Crippen molar-refractivity contribution in [3.8, 4) is 11.1 Å². The molecule has 146 valence electrons. The Morgan fingerprint density at radius 3 is 1.90 bits per heavy atom. The molecule has 0 atom stereocenters. The van der Waals surface area contributed by atoms with E-state index in [1.165, 1.54) is 0 Å². The fourth-order valence-electron chi connectivity index (χ4n) is 4.30. The van der Waals surface area contributed by atoms with E-state index in [0.717, 1.165) is 22.3 Å². The van der Waals surface area contributed by atoms with Crippen LogP contribution in [-0.2, 0) is 25.6 Å². The monoisotopic (exact) mass is 408 g/mol. The van der Waals surface area contributed by atoms with Gasteiger partial charge in [0.15, 0.2) is 0 Å². The molecule has 29 heavy (non-hydrogen) atoms. The lowest BCUT2D eigenvalue weighted by molar-refractivity contribution is -0.402. The molecule has 0 amide bonds. The second-order valence-corrected chi connectivity index (χ2v) is 7.62. The number of halogens is 1. The van der Waals surface area contributed by atoms with Crippen LogP contribution in [-0.4, -0.2) is 24.5 Å². The summed E-state index contributed by atoms with van der Waals surface area (Å²) in [5, 5.41) is 9.83. The average molecular weight is 409 g/mol. The number of ether oxygens (including phenoxy) is 3. The van der Waals surface area contributed by atoms with E-state index >= 15 is 0 Å². The fraction of sp³-hybridized carbons (Fsp3) is 0.174. The highest BCUT2D eigenvalue weighted by Gasteiger charge is 2.53. The third kappa shape index (κ3) is 2.74. The molecule has 1 saturated heterocycles. The number of rotatable bonds is 2. The molecule has 0 aromatic heterocycles. The van der Waals surface area contributed by atoms with Crippen molar-refractivity contribution in [3.05, 3.63) is 94.5 Å². The van der Waals surface area contributed by atoms with E-state index in [1.54, 1.807) is 24.3 Å². The van der Waals surface area contributed by atoms with E-state index < -0.39 is 17.5 Å². The summed E-state index contributed by atoms with van der Waals surface area (Å²) in [4.78, 5) is 11.4. The summed E-state index contributed by atoms with van der Waals surface area (Å²) in [5.74, 6) is -1.84. The van der Waals surface area contributed by atoms with E-state index in [1.807, 2.05) is 24.3 Å². The largest absolute Gasteiger partial charge is 0.510 e. The minimum atomic E-state index is -1.84. The molecule has 6 heteroatoms. The van der Waals surface area contributed by atoms with Crippen LogP contribution >= 0.6 is 11.6 Å². The Balaban J connectivity index is 1.58. The van der Waals surface area contributed by atoms with Crippen molar-refractivity contribution in [1.82, 2.24) is 0 Å². The van der Waals surface area contributed by atoms with Crippen LogP contribution in [0.4, 0.5) is 4.79 Å². The van der Waals surface area contributed by atoms with Crippen LogP contribution in [0.5, 0.6) is 0 Å². The van der Waals surface area contributed by atoms with Crippen LogP contribution in [0.15, 0.2) is 72.8 Å². The molecule has 5 nitrogen and oxygen atoms in total. The van der Waals surface area contributed by atoms with Gasteiger partial charge in [-0.2, -0.15) is 0 Å². The van der Waals surface area contributed by atoms with Gasteiger partial charge >= 0.3 is 12.1 Å². The lowest BCUT2D eigenvalue weighted by Gasteiger charge is -2.44. The number of hydrogen-bond donors (Lipinski definition) is 1. The Labute approximate surface area is 172 Å². The Morgan fingerprint density at radius 1 is 0.862 bits per heavy atom. The normalized spacial score (nSPS) is 18.1. The van der Waals surface area contributed by atoms with Crippen molar-refractivity contribution in [1.29, 1.82) is 0 Å². The predicted molar refractivity (Wildman–Crippen MR) is 107 cm³/mol.